The van der Waals surface area contributed by atoms with Gasteiger partial charge in [-0.3, -0.25) is 4.79 Å². The molecule has 2 nitrogen and oxygen atoms in total. The van der Waals surface area contributed by atoms with Crippen molar-refractivity contribution in [1.82, 2.24) is 4.90 Å². The number of fused-ring (bicyclic) bond motifs is 1. The van der Waals surface area contributed by atoms with Crippen LogP contribution in [-0.4, -0.2) is 23.8 Å². The van der Waals surface area contributed by atoms with Crippen molar-refractivity contribution >= 4 is 5.78 Å². The van der Waals surface area contributed by atoms with E-state index >= 15 is 0 Å². The molecular weight excluding hydrogens is 174 g/mol. The zero-order chi connectivity index (χ0) is 10.5. The molecule has 1 aliphatic carbocycles. The molecule has 1 unspecified atom stereocenters. The van der Waals surface area contributed by atoms with E-state index in [9.17, 15) is 4.79 Å². The number of hydrogen-bond donors (Lipinski definition) is 0. The summed E-state index contributed by atoms with van der Waals surface area (Å²) in [5, 5.41) is 0. The molecule has 0 spiro atoms. The van der Waals surface area contributed by atoms with Crippen LogP contribution in [0.3, 0.4) is 0 Å². The molecule has 0 aromatic rings. The number of Topliss-reactive ketones (excluding diaryl/α,β-unsaturated/α-hetero) is 1. The van der Waals surface area contributed by atoms with Crippen LogP contribution in [-0.2, 0) is 4.79 Å². The van der Waals surface area contributed by atoms with Crippen molar-refractivity contribution < 1.29 is 4.79 Å². The molecule has 0 N–H and O–H groups in total. The van der Waals surface area contributed by atoms with Gasteiger partial charge in [-0.25, -0.2) is 0 Å². The quantitative estimate of drug-likeness (QED) is 0.581. The van der Waals surface area contributed by atoms with Crippen molar-refractivity contribution in [2.24, 2.45) is 0 Å². The first-order chi connectivity index (χ1) is 6.54. The van der Waals surface area contributed by atoms with Crippen molar-refractivity contribution in [1.29, 1.82) is 0 Å². The van der Waals surface area contributed by atoms with Crippen molar-refractivity contribution in [3.8, 4) is 0 Å². The van der Waals surface area contributed by atoms with Gasteiger partial charge in [0.15, 0.2) is 5.78 Å². The Labute approximate surface area is 84.6 Å². The highest BCUT2D eigenvalue weighted by molar-refractivity contribution is 6.13. The Kier molecular flexibility index (Phi) is 1.88. The minimum absolute atomic E-state index is 0.191. The SMILES string of the molecule is CC1=CC=C2C(=C(C)C(C)N2C)C1=O. The zero-order valence-electron chi connectivity index (χ0n) is 9.09. The van der Waals surface area contributed by atoms with Gasteiger partial charge >= 0.3 is 0 Å². The number of carbonyl (C=O) groups excluding carboxylic acids is 1. The lowest BCUT2D eigenvalue weighted by atomic mass is 9.94. The standard InChI is InChI=1S/C12H15NO/c1-7-5-6-10-11(12(7)14)8(2)9(3)13(10)4/h5-6,9H,1-4H3. The summed E-state index contributed by atoms with van der Waals surface area (Å²) < 4.78 is 0. The Morgan fingerprint density at radius 3 is 2.57 bits per heavy atom. The summed E-state index contributed by atoms with van der Waals surface area (Å²) in [5.41, 5.74) is 4.02. The molecule has 0 bridgehead atoms. The van der Waals surface area contributed by atoms with E-state index in [1.54, 1.807) is 0 Å². The summed E-state index contributed by atoms with van der Waals surface area (Å²) in [4.78, 5) is 14.1. The average Bonchev–Trinajstić information content (AvgIpc) is 2.38. The first kappa shape index (κ1) is 9.25. The van der Waals surface area contributed by atoms with Crippen LogP contribution in [0.4, 0.5) is 0 Å². The number of nitrogens with zero attached hydrogens (tertiary/aromatic N) is 1. The van der Waals surface area contributed by atoms with Gasteiger partial charge in [0.25, 0.3) is 0 Å². The maximum atomic E-state index is 11.9. The highest BCUT2D eigenvalue weighted by Crippen LogP contribution is 2.35. The lowest BCUT2D eigenvalue weighted by molar-refractivity contribution is -0.112. The van der Waals surface area contributed by atoms with Gasteiger partial charge in [0.05, 0.1) is 0 Å². The molecule has 0 saturated heterocycles. The molecule has 2 heteroatoms. The fourth-order valence-electron chi connectivity index (χ4n) is 2.06. The first-order valence-corrected chi connectivity index (χ1v) is 4.91. The predicted octanol–water partition coefficient (Wildman–Crippen LogP) is 2.05. The number of ketones is 1. The third kappa shape index (κ3) is 0.999. The molecule has 74 valence electrons. The summed E-state index contributed by atoms with van der Waals surface area (Å²) in [5.74, 6) is 0.191. The maximum absolute atomic E-state index is 11.9. The van der Waals surface area contributed by atoms with Crippen LogP contribution in [0.5, 0.6) is 0 Å². The Balaban J connectivity index is 2.59. The lowest BCUT2D eigenvalue weighted by Gasteiger charge is -2.22. The number of allylic oxidation sites excluding steroid dienone is 4. The molecule has 2 aliphatic rings. The highest BCUT2D eigenvalue weighted by Gasteiger charge is 2.33. The molecule has 0 saturated carbocycles. The van der Waals surface area contributed by atoms with E-state index < -0.39 is 0 Å². The summed E-state index contributed by atoms with van der Waals surface area (Å²) in [7, 11) is 2.04. The topological polar surface area (TPSA) is 20.3 Å². The fraction of sp³-hybridized carbons (Fsp3) is 0.417. The Morgan fingerprint density at radius 2 is 1.93 bits per heavy atom. The summed E-state index contributed by atoms with van der Waals surface area (Å²) in [6, 6.07) is 0.347. The molecule has 14 heavy (non-hydrogen) atoms. The van der Waals surface area contributed by atoms with Gasteiger partial charge in [-0.1, -0.05) is 6.08 Å². The molecule has 1 heterocycles. The molecule has 1 aliphatic heterocycles. The number of hydrogen-bond acceptors (Lipinski definition) is 2. The van der Waals surface area contributed by atoms with Crippen LogP contribution in [0.2, 0.25) is 0 Å². The van der Waals surface area contributed by atoms with E-state index in [2.05, 4.69) is 11.8 Å². The maximum Gasteiger partial charge on any atom is 0.190 e. The molecule has 1 atom stereocenters. The molecule has 0 radical (unpaired) electrons. The largest absolute Gasteiger partial charge is 0.368 e. The van der Waals surface area contributed by atoms with Crippen LogP contribution in [0, 0.1) is 0 Å². The zero-order valence-corrected chi connectivity index (χ0v) is 9.09. The van der Waals surface area contributed by atoms with Gasteiger partial charge in [-0.2, -0.15) is 0 Å². The highest BCUT2D eigenvalue weighted by atomic mass is 16.1. The summed E-state index contributed by atoms with van der Waals surface area (Å²) >= 11 is 0. The fourth-order valence-corrected chi connectivity index (χ4v) is 2.06. The van der Waals surface area contributed by atoms with Gasteiger partial charge in [-0.05, 0) is 38.0 Å². The summed E-state index contributed by atoms with van der Waals surface area (Å²) in [6.45, 7) is 6.05. The smallest absolute Gasteiger partial charge is 0.190 e. The van der Waals surface area contributed by atoms with E-state index in [0.29, 0.717) is 6.04 Å². The van der Waals surface area contributed by atoms with Gasteiger partial charge < -0.3 is 4.90 Å². The molecule has 0 aromatic heterocycles. The first-order valence-electron chi connectivity index (χ1n) is 4.91. The van der Waals surface area contributed by atoms with Crippen molar-refractivity contribution in [3.63, 3.8) is 0 Å². The van der Waals surface area contributed by atoms with Crippen molar-refractivity contribution in [2.75, 3.05) is 7.05 Å². The Morgan fingerprint density at radius 1 is 1.29 bits per heavy atom. The Hall–Kier alpha value is -1.31. The average molecular weight is 189 g/mol. The number of carbonyl (C=O) groups is 1. The van der Waals surface area contributed by atoms with Gasteiger partial charge in [0.1, 0.15) is 0 Å². The minimum Gasteiger partial charge on any atom is -0.368 e. The molecule has 2 rings (SSSR count). The number of likely N-dealkylation sites (N-methyl/N-ethyl adjacent to an activating group) is 1. The van der Waals surface area contributed by atoms with Crippen LogP contribution < -0.4 is 0 Å². The molecule has 0 aromatic carbocycles. The van der Waals surface area contributed by atoms with Crippen molar-refractivity contribution in [3.05, 3.63) is 34.6 Å². The second-order valence-corrected chi connectivity index (χ2v) is 4.08. The predicted molar refractivity (Wildman–Crippen MR) is 56.8 cm³/mol. The van der Waals surface area contributed by atoms with Gasteiger partial charge in [0.2, 0.25) is 0 Å². The third-order valence-corrected chi connectivity index (χ3v) is 3.31. The van der Waals surface area contributed by atoms with E-state index in [1.165, 1.54) is 5.57 Å². The number of rotatable bonds is 0. The second kappa shape index (κ2) is 2.84. The third-order valence-electron chi connectivity index (χ3n) is 3.31. The van der Waals surface area contributed by atoms with Crippen LogP contribution in [0.25, 0.3) is 0 Å². The Bertz CT molecular complexity index is 399. The van der Waals surface area contributed by atoms with Gasteiger partial charge in [-0.15, -0.1) is 0 Å². The normalized spacial score (nSPS) is 26.4. The molecule has 0 fully saturated rings. The van der Waals surface area contributed by atoms with Crippen LogP contribution >= 0.6 is 0 Å². The second-order valence-electron chi connectivity index (χ2n) is 4.08. The lowest BCUT2D eigenvalue weighted by Crippen LogP contribution is -2.23. The van der Waals surface area contributed by atoms with Crippen LogP contribution in [0.1, 0.15) is 20.8 Å². The van der Waals surface area contributed by atoms with Crippen LogP contribution in [0.15, 0.2) is 34.6 Å². The molecule has 0 amide bonds. The van der Waals surface area contributed by atoms with Crippen molar-refractivity contribution in [2.45, 2.75) is 26.8 Å². The minimum atomic E-state index is 0.191. The monoisotopic (exact) mass is 189 g/mol. The van der Waals surface area contributed by atoms with E-state index in [-0.39, 0.29) is 5.78 Å². The molecular formula is C12H15NO. The van der Waals surface area contributed by atoms with Gasteiger partial charge in [0, 0.05) is 24.4 Å². The summed E-state index contributed by atoms with van der Waals surface area (Å²) in [6.07, 6.45) is 3.95. The van der Waals surface area contributed by atoms with E-state index in [1.807, 2.05) is 33.0 Å². The van der Waals surface area contributed by atoms with E-state index in [4.69, 9.17) is 0 Å². The van der Waals surface area contributed by atoms with E-state index in [0.717, 1.165) is 16.8 Å².